The highest BCUT2D eigenvalue weighted by Crippen LogP contribution is 2.41. The molecule has 0 saturated heterocycles. The third-order valence-corrected chi connectivity index (χ3v) is 8.74. The van der Waals surface area contributed by atoms with Crippen molar-refractivity contribution in [3.05, 3.63) is 82.9 Å². The largest absolute Gasteiger partial charge is 0.372 e. The summed E-state index contributed by atoms with van der Waals surface area (Å²) in [6.07, 6.45) is 2.30. The zero-order valence-corrected chi connectivity index (χ0v) is 24.5. The van der Waals surface area contributed by atoms with Crippen molar-refractivity contribution < 1.29 is 14.4 Å². The highest BCUT2D eigenvalue weighted by Gasteiger charge is 2.37. The zero-order valence-electron chi connectivity index (χ0n) is 24.5. The van der Waals surface area contributed by atoms with E-state index in [0.717, 1.165) is 35.0 Å². The number of benzene rings is 3. The Morgan fingerprint density at radius 3 is 2.42 bits per heavy atom. The molecule has 0 fully saturated rings. The van der Waals surface area contributed by atoms with Gasteiger partial charge in [0.25, 0.3) is 5.91 Å². The molecule has 0 bridgehead atoms. The molecule has 1 aliphatic carbocycles. The number of hydroxylamine groups is 1. The molecule has 5 rings (SSSR count). The SMILES string of the molecule is CCC(C)(C)c1ccc(ON(C(C)=O)c2cccc3c2CC(n2nnc4ccccc42)C3=O)c(C(C)(C)CC)c1. The average molecular weight is 539 g/mol. The van der Waals surface area contributed by atoms with Crippen molar-refractivity contribution in [1.29, 1.82) is 0 Å². The molecule has 0 aliphatic heterocycles. The minimum atomic E-state index is -0.539. The maximum absolute atomic E-state index is 13.6. The number of para-hydroxylation sites is 1. The fraction of sp³-hybridized carbons (Fsp3) is 0.394. The summed E-state index contributed by atoms with van der Waals surface area (Å²) in [4.78, 5) is 33.2. The molecule has 1 unspecified atom stereocenters. The van der Waals surface area contributed by atoms with Gasteiger partial charge in [0.2, 0.25) is 0 Å². The van der Waals surface area contributed by atoms with Crippen molar-refractivity contribution in [2.24, 2.45) is 0 Å². The molecule has 1 amide bonds. The van der Waals surface area contributed by atoms with Crippen LogP contribution in [0.25, 0.3) is 11.0 Å². The van der Waals surface area contributed by atoms with Crippen LogP contribution in [0.3, 0.4) is 0 Å². The van der Waals surface area contributed by atoms with Gasteiger partial charge in [0.15, 0.2) is 11.5 Å². The molecule has 3 aromatic carbocycles. The normalized spacial score (nSPS) is 15.4. The van der Waals surface area contributed by atoms with Crippen LogP contribution in [0.2, 0.25) is 0 Å². The van der Waals surface area contributed by atoms with E-state index in [-0.39, 0.29) is 22.5 Å². The molecular formula is C33H38N4O3. The molecule has 208 valence electrons. The molecule has 0 saturated carbocycles. The van der Waals surface area contributed by atoms with Crippen LogP contribution in [0.15, 0.2) is 60.7 Å². The zero-order chi connectivity index (χ0) is 28.8. The number of carbonyl (C=O) groups excluding carboxylic acids is 2. The van der Waals surface area contributed by atoms with Gasteiger partial charge in [0, 0.05) is 24.5 Å². The van der Waals surface area contributed by atoms with Crippen LogP contribution in [0, 0.1) is 0 Å². The number of carbonyl (C=O) groups is 2. The molecular weight excluding hydrogens is 500 g/mol. The van der Waals surface area contributed by atoms with Crippen molar-refractivity contribution in [2.75, 3.05) is 5.06 Å². The second kappa shape index (κ2) is 10.2. The number of hydrogen-bond acceptors (Lipinski definition) is 5. The Hall–Kier alpha value is -4.00. The van der Waals surface area contributed by atoms with E-state index < -0.39 is 6.04 Å². The molecule has 0 N–H and O–H groups in total. The van der Waals surface area contributed by atoms with Gasteiger partial charge in [0.1, 0.15) is 11.6 Å². The molecule has 0 spiro atoms. The van der Waals surface area contributed by atoms with E-state index in [1.54, 1.807) is 10.7 Å². The van der Waals surface area contributed by atoms with Gasteiger partial charge in [0.05, 0.1) is 11.2 Å². The van der Waals surface area contributed by atoms with Gasteiger partial charge in [-0.25, -0.2) is 4.68 Å². The third-order valence-electron chi connectivity index (χ3n) is 8.74. The lowest BCUT2D eigenvalue weighted by Crippen LogP contribution is -2.34. The van der Waals surface area contributed by atoms with Crippen LogP contribution in [0.4, 0.5) is 5.69 Å². The molecule has 1 heterocycles. The minimum absolute atomic E-state index is 0.0124. The first-order valence-electron chi connectivity index (χ1n) is 14.1. The Balaban J connectivity index is 1.55. The Bertz CT molecular complexity index is 1600. The van der Waals surface area contributed by atoms with Crippen LogP contribution in [-0.2, 0) is 22.0 Å². The second-order valence-corrected chi connectivity index (χ2v) is 12.0. The Morgan fingerprint density at radius 1 is 1.00 bits per heavy atom. The number of ketones is 1. The van der Waals surface area contributed by atoms with Gasteiger partial charge < -0.3 is 4.84 Å². The van der Waals surface area contributed by atoms with Crippen molar-refractivity contribution in [1.82, 2.24) is 15.0 Å². The van der Waals surface area contributed by atoms with Gasteiger partial charge in [-0.3, -0.25) is 9.59 Å². The first-order valence-corrected chi connectivity index (χ1v) is 14.1. The summed E-state index contributed by atoms with van der Waals surface area (Å²) in [5.74, 6) is 0.321. The number of anilines is 1. The highest BCUT2D eigenvalue weighted by molar-refractivity contribution is 6.06. The number of aromatic nitrogens is 3. The lowest BCUT2D eigenvalue weighted by Gasteiger charge is -2.32. The molecule has 1 aromatic heterocycles. The highest BCUT2D eigenvalue weighted by atomic mass is 16.7. The van der Waals surface area contributed by atoms with Crippen LogP contribution >= 0.6 is 0 Å². The fourth-order valence-corrected chi connectivity index (χ4v) is 5.33. The lowest BCUT2D eigenvalue weighted by atomic mass is 9.76. The van der Waals surface area contributed by atoms with Gasteiger partial charge in [-0.1, -0.05) is 83.2 Å². The fourth-order valence-electron chi connectivity index (χ4n) is 5.33. The van der Waals surface area contributed by atoms with Gasteiger partial charge in [-0.2, -0.15) is 0 Å². The number of amides is 1. The number of rotatable bonds is 8. The predicted octanol–water partition coefficient (Wildman–Crippen LogP) is 7.13. The van der Waals surface area contributed by atoms with E-state index in [1.807, 2.05) is 42.5 Å². The van der Waals surface area contributed by atoms with E-state index in [1.165, 1.54) is 17.6 Å². The van der Waals surface area contributed by atoms with E-state index in [2.05, 4.69) is 64.0 Å². The van der Waals surface area contributed by atoms with Crippen molar-refractivity contribution >= 4 is 28.4 Å². The van der Waals surface area contributed by atoms with E-state index in [4.69, 9.17) is 4.84 Å². The van der Waals surface area contributed by atoms with Crippen LogP contribution in [0.5, 0.6) is 5.75 Å². The van der Waals surface area contributed by atoms with E-state index in [0.29, 0.717) is 23.4 Å². The molecule has 0 radical (unpaired) electrons. The van der Waals surface area contributed by atoms with Crippen molar-refractivity contribution in [3.8, 4) is 5.75 Å². The predicted molar refractivity (Wildman–Crippen MR) is 158 cm³/mol. The second-order valence-electron chi connectivity index (χ2n) is 12.0. The molecule has 4 aromatic rings. The van der Waals surface area contributed by atoms with Gasteiger partial charge in [-0.05, 0) is 59.1 Å². The quantitative estimate of drug-likeness (QED) is 0.223. The van der Waals surface area contributed by atoms with Crippen LogP contribution < -0.4 is 9.90 Å². The summed E-state index contributed by atoms with van der Waals surface area (Å²) in [7, 11) is 0. The topological polar surface area (TPSA) is 77.3 Å². The molecule has 7 heteroatoms. The average Bonchev–Trinajstić information content (AvgIpc) is 3.52. The third kappa shape index (κ3) is 4.67. The molecule has 7 nitrogen and oxygen atoms in total. The van der Waals surface area contributed by atoms with Gasteiger partial charge in [-0.15, -0.1) is 10.2 Å². The first kappa shape index (κ1) is 27.6. The minimum Gasteiger partial charge on any atom is -0.372 e. The number of Topliss-reactive ketones (excluding diaryl/α,β-unsaturated/α-hetero) is 1. The number of fused-ring (bicyclic) bond motifs is 2. The smallest absolute Gasteiger partial charge is 0.256 e. The summed E-state index contributed by atoms with van der Waals surface area (Å²) in [6.45, 7) is 14.7. The van der Waals surface area contributed by atoms with Crippen molar-refractivity contribution in [2.45, 2.75) is 84.6 Å². The number of hydrogen-bond donors (Lipinski definition) is 0. The summed E-state index contributed by atoms with van der Waals surface area (Å²) >= 11 is 0. The lowest BCUT2D eigenvalue weighted by molar-refractivity contribution is -0.120. The van der Waals surface area contributed by atoms with Crippen LogP contribution in [-0.4, -0.2) is 26.7 Å². The Labute approximate surface area is 236 Å². The summed E-state index contributed by atoms with van der Waals surface area (Å²) in [5.41, 5.74) is 5.58. The maximum atomic E-state index is 13.6. The monoisotopic (exact) mass is 538 g/mol. The summed E-state index contributed by atoms with van der Waals surface area (Å²) in [5, 5.41) is 9.89. The van der Waals surface area contributed by atoms with Gasteiger partial charge >= 0.3 is 0 Å². The molecule has 1 atom stereocenters. The Morgan fingerprint density at radius 2 is 1.73 bits per heavy atom. The Kier molecular flexibility index (Phi) is 7.02. The summed E-state index contributed by atoms with van der Waals surface area (Å²) < 4.78 is 1.69. The van der Waals surface area contributed by atoms with E-state index in [9.17, 15) is 9.59 Å². The number of nitrogens with zero attached hydrogens (tertiary/aromatic N) is 4. The first-order chi connectivity index (χ1) is 19.0. The standard InChI is InChI=1S/C33H38N4O3/c1-8-32(4,5)22-17-18-30(25(19-22)33(6,7)9-2)40-37(21(3)38)27-16-12-13-23-24(27)20-29(31(23)39)36-28-15-11-10-14-26(28)34-35-36/h10-19,29H,8-9,20H2,1-7H3. The molecule has 1 aliphatic rings. The maximum Gasteiger partial charge on any atom is 0.256 e. The molecule has 40 heavy (non-hydrogen) atoms. The van der Waals surface area contributed by atoms with Crippen molar-refractivity contribution in [3.63, 3.8) is 0 Å². The summed E-state index contributed by atoms with van der Waals surface area (Å²) in [6, 6.07) is 18.8. The van der Waals surface area contributed by atoms with Crippen LogP contribution in [0.1, 0.15) is 94.4 Å². The van der Waals surface area contributed by atoms with E-state index >= 15 is 0 Å².